The van der Waals surface area contributed by atoms with Crippen molar-refractivity contribution in [2.45, 2.75) is 20.3 Å². The molecule has 0 bridgehead atoms. The summed E-state index contributed by atoms with van der Waals surface area (Å²) in [6, 6.07) is 4.38. The molecule has 1 N–H and O–H groups in total. The standard InChI is InChI=1S/C13H13NO3/c1-3-9-7(2)14-11-5-4-8(13(16)17)6-10(11)12(9)15/h4-6H,3H2,1-2H3,(H,14,15)(H,16,17)/p-1. The molecule has 1 aromatic carbocycles. The van der Waals surface area contributed by atoms with E-state index in [1.165, 1.54) is 12.1 Å². The molecule has 0 amide bonds. The molecule has 4 nitrogen and oxygen atoms in total. The van der Waals surface area contributed by atoms with Gasteiger partial charge in [0.25, 0.3) is 0 Å². The van der Waals surface area contributed by atoms with Crippen LogP contribution in [-0.4, -0.2) is 11.0 Å². The van der Waals surface area contributed by atoms with E-state index in [-0.39, 0.29) is 11.0 Å². The minimum atomic E-state index is -1.27. The second kappa shape index (κ2) is 4.05. The minimum absolute atomic E-state index is 0.0221. The first-order valence-electron chi connectivity index (χ1n) is 5.41. The third-order valence-corrected chi connectivity index (χ3v) is 2.90. The van der Waals surface area contributed by atoms with Crippen LogP contribution in [0.5, 0.6) is 0 Å². The summed E-state index contributed by atoms with van der Waals surface area (Å²) in [5, 5.41) is 11.2. The van der Waals surface area contributed by atoms with Crippen LogP contribution in [0.1, 0.15) is 28.5 Å². The summed E-state index contributed by atoms with van der Waals surface area (Å²) in [7, 11) is 0. The largest absolute Gasteiger partial charge is 0.545 e. The number of hydrogen-bond acceptors (Lipinski definition) is 3. The van der Waals surface area contributed by atoms with Crippen molar-refractivity contribution in [3.05, 3.63) is 45.2 Å². The smallest absolute Gasteiger partial charge is 0.192 e. The second-order valence-corrected chi connectivity index (χ2v) is 3.96. The van der Waals surface area contributed by atoms with Crippen molar-refractivity contribution in [2.75, 3.05) is 0 Å². The molecule has 0 fully saturated rings. The van der Waals surface area contributed by atoms with E-state index in [2.05, 4.69) is 4.98 Å². The Morgan fingerprint density at radius 2 is 2.12 bits per heavy atom. The fourth-order valence-electron chi connectivity index (χ4n) is 2.00. The Morgan fingerprint density at radius 3 is 2.71 bits per heavy atom. The van der Waals surface area contributed by atoms with E-state index in [1.54, 1.807) is 6.07 Å². The van der Waals surface area contributed by atoms with E-state index in [4.69, 9.17) is 0 Å². The molecule has 0 saturated carbocycles. The number of hydrogen-bond donors (Lipinski definition) is 1. The van der Waals surface area contributed by atoms with Crippen molar-refractivity contribution in [3.63, 3.8) is 0 Å². The molecule has 1 heterocycles. The molecule has 0 radical (unpaired) electrons. The van der Waals surface area contributed by atoms with Crippen molar-refractivity contribution in [3.8, 4) is 0 Å². The fraction of sp³-hybridized carbons (Fsp3) is 0.231. The van der Waals surface area contributed by atoms with E-state index in [0.29, 0.717) is 22.9 Å². The average Bonchev–Trinajstić information content (AvgIpc) is 2.29. The summed E-state index contributed by atoms with van der Waals surface area (Å²) >= 11 is 0. The summed E-state index contributed by atoms with van der Waals surface area (Å²) in [4.78, 5) is 26.0. The van der Waals surface area contributed by atoms with Gasteiger partial charge in [-0.1, -0.05) is 13.0 Å². The molecular weight excluding hydrogens is 218 g/mol. The van der Waals surface area contributed by atoms with E-state index in [0.717, 1.165) is 5.69 Å². The number of rotatable bonds is 2. The first-order valence-corrected chi connectivity index (χ1v) is 5.41. The molecule has 17 heavy (non-hydrogen) atoms. The zero-order valence-corrected chi connectivity index (χ0v) is 9.66. The molecule has 88 valence electrons. The Morgan fingerprint density at radius 1 is 1.41 bits per heavy atom. The highest BCUT2D eigenvalue weighted by Crippen LogP contribution is 2.13. The number of aromatic amines is 1. The van der Waals surface area contributed by atoms with Crippen molar-refractivity contribution in [1.29, 1.82) is 0 Å². The normalized spacial score (nSPS) is 10.7. The maximum absolute atomic E-state index is 12.1. The summed E-state index contributed by atoms with van der Waals surface area (Å²) in [6.45, 7) is 3.73. The predicted octanol–water partition coefficient (Wildman–Crippen LogP) is 0.762. The lowest BCUT2D eigenvalue weighted by molar-refractivity contribution is -0.255. The molecule has 2 aromatic rings. The monoisotopic (exact) mass is 230 g/mol. The highest BCUT2D eigenvalue weighted by atomic mass is 16.4. The van der Waals surface area contributed by atoms with Gasteiger partial charge in [-0.2, -0.15) is 0 Å². The fourth-order valence-corrected chi connectivity index (χ4v) is 2.00. The Bertz CT molecular complexity index is 655. The van der Waals surface area contributed by atoms with Crippen LogP contribution in [0.25, 0.3) is 10.9 Å². The van der Waals surface area contributed by atoms with Crippen molar-refractivity contribution in [2.24, 2.45) is 0 Å². The van der Waals surface area contributed by atoms with Gasteiger partial charge in [0, 0.05) is 22.2 Å². The molecule has 0 saturated heterocycles. The number of aromatic nitrogens is 1. The Kier molecular flexibility index (Phi) is 2.71. The second-order valence-electron chi connectivity index (χ2n) is 3.96. The van der Waals surface area contributed by atoms with Gasteiger partial charge in [-0.15, -0.1) is 0 Å². The number of carboxylic acids is 1. The van der Waals surface area contributed by atoms with Crippen molar-refractivity contribution < 1.29 is 9.90 Å². The van der Waals surface area contributed by atoms with Crippen molar-refractivity contribution >= 4 is 16.9 Å². The zero-order chi connectivity index (χ0) is 12.6. The third-order valence-electron chi connectivity index (χ3n) is 2.90. The van der Waals surface area contributed by atoms with Gasteiger partial charge in [-0.05, 0) is 31.0 Å². The van der Waals surface area contributed by atoms with Gasteiger partial charge in [-0.25, -0.2) is 0 Å². The Hall–Kier alpha value is -2.10. The van der Waals surface area contributed by atoms with Crippen LogP contribution in [-0.2, 0) is 6.42 Å². The van der Waals surface area contributed by atoms with Crippen LogP contribution in [0.4, 0.5) is 0 Å². The maximum atomic E-state index is 12.1. The van der Waals surface area contributed by atoms with Crippen LogP contribution < -0.4 is 10.5 Å². The molecule has 0 aliphatic heterocycles. The molecule has 0 spiro atoms. The van der Waals surface area contributed by atoms with E-state index in [9.17, 15) is 14.7 Å². The van der Waals surface area contributed by atoms with E-state index < -0.39 is 5.97 Å². The molecule has 0 atom stereocenters. The lowest BCUT2D eigenvalue weighted by atomic mass is 10.0. The lowest BCUT2D eigenvalue weighted by Crippen LogP contribution is -2.22. The lowest BCUT2D eigenvalue weighted by Gasteiger charge is -2.08. The van der Waals surface area contributed by atoms with Gasteiger partial charge < -0.3 is 14.9 Å². The van der Waals surface area contributed by atoms with E-state index >= 15 is 0 Å². The van der Waals surface area contributed by atoms with Crippen LogP contribution in [0.2, 0.25) is 0 Å². The number of aromatic carboxylic acids is 1. The molecule has 0 aliphatic carbocycles. The Balaban J connectivity index is 2.85. The predicted molar refractivity (Wildman–Crippen MR) is 63.0 cm³/mol. The van der Waals surface area contributed by atoms with Crippen LogP contribution in [0, 0.1) is 6.92 Å². The molecule has 4 heteroatoms. The number of aryl methyl sites for hydroxylation is 1. The molecule has 0 aliphatic rings. The first-order chi connectivity index (χ1) is 8.04. The SMILES string of the molecule is CCc1c(C)[nH]c2ccc(C(=O)[O-])cc2c1=O. The van der Waals surface area contributed by atoms with E-state index in [1.807, 2.05) is 13.8 Å². The van der Waals surface area contributed by atoms with Crippen LogP contribution >= 0.6 is 0 Å². The summed E-state index contributed by atoms with van der Waals surface area (Å²) < 4.78 is 0. The molecular formula is C13H12NO3-. The van der Waals surface area contributed by atoms with Gasteiger partial charge in [0.1, 0.15) is 0 Å². The summed E-state index contributed by atoms with van der Waals surface area (Å²) in [5.41, 5.74) is 2.07. The molecule has 1 aromatic heterocycles. The average molecular weight is 230 g/mol. The molecule has 0 unspecified atom stereocenters. The zero-order valence-electron chi connectivity index (χ0n) is 9.66. The number of carbonyl (C=O) groups is 1. The van der Waals surface area contributed by atoms with Gasteiger partial charge in [0.15, 0.2) is 5.43 Å². The van der Waals surface area contributed by atoms with Crippen LogP contribution in [0.3, 0.4) is 0 Å². The number of pyridine rings is 1. The van der Waals surface area contributed by atoms with Gasteiger partial charge in [0.2, 0.25) is 0 Å². The number of carboxylic acid groups (broad SMARTS) is 1. The summed E-state index contributed by atoms with van der Waals surface area (Å²) in [6.07, 6.45) is 0.618. The number of H-pyrrole nitrogens is 1. The van der Waals surface area contributed by atoms with Crippen molar-refractivity contribution in [1.82, 2.24) is 4.98 Å². The highest BCUT2D eigenvalue weighted by Gasteiger charge is 2.08. The van der Waals surface area contributed by atoms with Gasteiger partial charge in [0.05, 0.1) is 5.97 Å². The number of benzene rings is 1. The first kappa shape index (κ1) is 11.4. The Labute approximate surface area is 97.9 Å². The highest BCUT2D eigenvalue weighted by molar-refractivity contribution is 5.92. The quantitative estimate of drug-likeness (QED) is 0.827. The third kappa shape index (κ3) is 1.82. The van der Waals surface area contributed by atoms with Crippen LogP contribution in [0.15, 0.2) is 23.0 Å². The van der Waals surface area contributed by atoms with Gasteiger partial charge >= 0.3 is 0 Å². The number of fused-ring (bicyclic) bond motifs is 1. The minimum Gasteiger partial charge on any atom is -0.545 e. The number of carbonyl (C=O) groups excluding carboxylic acids is 1. The summed E-state index contributed by atoms with van der Waals surface area (Å²) in [5.74, 6) is -1.27. The maximum Gasteiger partial charge on any atom is 0.192 e. The van der Waals surface area contributed by atoms with Gasteiger partial charge in [-0.3, -0.25) is 4.79 Å². The topological polar surface area (TPSA) is 73.0 Å². The molecule has 2 rings (SSSR count). The number of nitrogens with one attached hydrogen (secondary N) is 1.